The molecule has 0 spiro atoms. The zero-order valence-electron chi connectivity index (χ0n) is 8.24. The van der Waals surface area contributed by atoms with Gasteiger partial charge in [0.1, 0.15) is 0 Å². The minimum atomic E-state index is -0.893. The molecule has 4 heteroatoms. The summed E-state index contributed by atoms with van der Waals surface area (Å²) < 4.78 is 11.0. The van der Waals surface area contributed by atoms with Gasteiger partial charge in [0.05, 0.1) is 5.75 Å². The number of para-hydroxylation sites is 1. The van der Waals surface area contributed by atoms with Crippen molar-refractivity contribution in [1.82, 2.24) is 0 Å². The molecule has 0 heterocycles. The number of anilines is 1. The van der Waals surface area contributed by atoms with Crippen LogP contribution in [0.2, 0.25) is 0 Å². The van der Waals surface area contributed by atoms with Gasteiger partial charge in [0.15, 0.2) is 0 Å². The van der Waals surface area contributed by atoms with Gasteiger partial charge in [-0.15, -0.1) is 0 Å². The minimum Gasteiger partial charge on any atom is -0.326 e. The van der Waals surface area contributed by atoms with Crippen LogP contribution in [0.15, 0.2) is 24.3 Å². The number of benzene rings is 1. The van der Waals surface area contributed by atoms with Gasteiger partial charge in [0.2, 0.25) is 5.91 Å². The first-order chi connectivity index (χ1) is 6.59. The molecule has 14 heavy (non-hydrogen) atoms. The Morgan fingerprint density at radius 3 is 2.64 bits per heavy atom. The van der Waals surface area contributed by atoms with E-state index in [0.717, 1.165) is 11.3 Å². The molecule has 1 aromatic carbocycles. The second-order valence-electron chi connectivity index (χ2n) is 3.06. The maximum Gasteiger partial charge on any atom is 0.221 e. The molecule has 76 valence electrons. The van der Waals surface area contributed by atoms with E-state index in [2.05, 4.69) is 5.32 Å². The van der Waals surface area contributed by atoms with E-state index in [9.17, 15) is 9.00 Å². The maximum atomic E-state index is 11.0. The van der Waals surface area contributed by atoms with Gasteiger partial charge in [-0.1, -0.05) is 18.2 Å². The molecule has 3 nitrogen and oxygen atoms in total. The Hall–Kier alpha value is -1.16. The summed E-state index contributed by atoms with van der Waals surface area (Å²) in [6, 6.07) is 7.39. The first-order valence-corrected chi connectivity index (χ1v) is 5.98. The molecule has 0 aromatic heterocycles. The van der Waals surface area contributed by atoms with Gasteiger partial charge in [-0.3, -0.25) is 9.00 Å². The topological polar surface area (TPSA) is 46.2 Å². The third-order valence-corrected chi connectivity index (χ3v) is 2.40. The Labute approximate surface area is 86.0 Å². The quantitative estimate of drug-likeness (QED) is 0.824. The van der Waals surface area contributed by atoms with E-state index in [1.54, 1.807) is 6.26 Å². The highest BCUT2D eigenvalue weighted by molar-refractivity contribution is 7.83. The average molecular weight is 211 g/mol. The Morgan fingerprint density at radius 1 is 1.43 bits per heavy atom. The molecule has 0 radical (unpaired) electrons. The van der Waals surface area contributed by atoms with Crippen molar-refractivity contribution >= 4 is 22.4 Å². The Bertz CT molecular complexity index is 328. The molecule has 0 saturated heterocycles. The number of hydrogen-bond acceptors (Lipinski definition) is 2. The van der Waals surface area contributed by atoms with Crippen LogP contribution in [0.4, 0.5) is 5.69 Å². The zero-order chi connectivity index (χ0) is 10.6. The predicted molar refractivity (Wildman–Crippen MR) is 58.5 cm³/mol. The van der Waals surface area contributed by atoms with Crippen LogP contribution in [-0.4, -0.2) is 16.4 Å². The van der Waals surface area contributed by atoms with Crippen LogP contribution in [-0.2, 0) is 21.3 Å². The summed E-state index contributed by atoms with van der Waals surface area (Å²) in [6.45, 7) is 1.46. The van der Waals surface area contributed by atoms with E-state index < -0.39 is 10.8 Å². The number of hydrogen-bond donors (Lipinski definition) is 1. The third kappa shape index (κ3) is 3.30. The van der Waals surface area contributed by atoms with Crippen molar-refractivity contribution in [2.24, 2.45) is 0 Å². The molecule has 1 amide bonds. The SMILES string of the molecule is CC(=O)Nc1ccccc1CS(C)=O. The molecular formula is C10H13NO2S. The summed E-state index contributed by atoms with van der Waals surface area (Å²) in [5, 5.41) is 2.71. The number of rotatable bonds is 3. The number of carbonyl (C=O) groups excluding carboxylic acids is 1. The Morgan fingerprint density at radius 2 is 2.07 bits per heavy atom. The Kier molecular flexibility index (Phi) is 3.83. The molecule has 0 saturated carbocycles. The van der Waals surface area contributed by atoms with Gasteiger partial charge in [-0.2, -0.15) is 0 Å². The predicted octanol–water partition coefficient (Wildman–Crippen LogP) is 1.52. The highest BCUT2D eigenvalue weighted by Crippen LogP contribution is 2.16. The summed E-state index contributed by atoms with van der Waals surface area (Å²) in [6.07, 6.45) is 1.64. The molecule has 0 aliphatic carbocycles. The van der Waals surface area contributed by atoms with Crippen LogP contribution in [0.3, 0.4) is 0 Å². The van der Waals surface area contributed by atoms with Crippen molar-refractivity contribution in [3.05, 3.63) is 29.8 Å². The second-order valence-corrected chi connectivity index (χ2v) is 4.49. The van der Waals surface area contributed by atoms with Crippen molar-refractivity contribution in [3.8, 4) is 0 Å². The summed E-state index contributed by atoms with van der Waals surface area (Å²) in [5.74, 6) is 0.357. The highest BCUT2D eigenvalue weighted by atomic mass is 32.2. The molecule has 0 aliphatic heterocycles. The van der Waals surface area contributed by atoms with Crippen LogP contribution >= 0.6 is 0 Å². The van der Waals surface area contributed by atoms with Crippen molar-refractivity contribution in [1.29, 1.82) is 0 Å². The third-order valence-electron chi connectivity index (χ3n) is 1.69. The monoisotopic (exact) mass is 211 g/mol. The molecule has 1 N–H and O–H groups in total. The molecule has 1 atom stereocenters. The van der Waals surface area contributed by atoms with Crippen LogP contribution in [0, 0.1) is 0 Å². The maximum absolute atomic E-state index is 11.0. The Balaban J connectivity index is 2.90. The largest absolute Gasteiger partial charge is 0.326 e. The molecule has 0 fully saturated rings. The molecule has 1 aromatic rings. The normalized spacial score (nSPS) is 12.1. The lowest BCUT2D eigenvalue weighted by Gasteiger charge is -2.07. The highest BCUT2D eigenvalue weighted by Gasteiger charge is 2.04. The summed E-state index contributed by atoms with van der Waals surface area (Å²) >= 11 is 0. The lowest BCUT2D eigenvalue weighted by molar-refractivity contribution is -0.114. The van der Waals surface area contributed by atoms with E-state index >= 15 is 0 Å². The van der Waals surface area contributed by atoms with Crippen LogP contribution < -0.4 is 5.32 Å². The van der Waals surface area contributed by atoms with Crippen LogP contribution in [0.1, 0.15) is 12.5 Å². The summed E-state index contributed by atoms with van der Waals surface area (Å²) in [5.41, 5.74) is 1.65. The van der Waals surface area contributed by atoms with Crippen LogP contribution in [0.25, 0.3) is 0 Å². The first-order valence-electron chi connectivity index (χ1n) is 4.25. The number of amides is 1. The van der Waals surface area contributed by atoms with Crippen molar-refractivity contribution in [2.45, 2.75) is 12.7 Å². The zero-order valence-corrected chi connectivity index (χ0v) is 9.06. The standard InChI is InChI=1S/C10H13NO2S/c1-8(12)11-10-6-4-3-5-9(10)7-14(2)13/h3-6H,7H2,1-2H3,(H,11,12). The van der Waals surface area contributed by atoms with Gasteiger partial charge in [-0.05, 0) is 11.6 Å². The number of nitrogens with one attached hydrogen (secondary N) is 1. The van der Waals surface area contributed by atoms with Gasteiger partial charge in [0.25, 0.3) is 0 Å². The lowest BCUT2D eigenvalue weighted by Crippen LogP contribution is -2.08. The summed E-state index contributed by atoms with van der Waals surface area (Å²) in [4.78, 5) is 10.9. The smallest absolute Gasteiger partial charge is 0.221 e. The second kappa shape index (κ2) is 4.91. The van der Waals surface area contributed by atoms with E-state index in [1.165, 1.54) is 6.92 Å². The molecule has 0 bridgehead atoms. The average Bonchev–Trinajstić information content (AvgIpc) is 2.06. The van der Waals surface area contributed by atoms with E-state index in [4.69, 9.17) is 0 Å². The number of carbonyl (C=O) groups is 1. The minimum absolute atomic E-state index is 0.112. The fraction of sp³-hybridized carbons (Fsp3) is 0.300. The van der Waals surface area contributed by atoms with E-state index in [1.807, 2.05) is 24.3 Å². The van der Waals surface area contributed by atoms with Crippen molar-refractivity contribution in [2.75, 3.05) is 11.6 Å². The first kappa shape index (κ1) is 10.9. The fourth-order valence-electron chi connectivity index (χ4n) is 1.18. The van der Waals surface area contributed by atoms with Gasteiger partial charge in [0, 0.05) is 29.7 Å². The summed E-state index contributed by atoms with van der Waals surface area (Å²) in [7, 11) is -0.893. The van der Waals surface area contributed by atoms with Gasteiger partial charge in [-0.25, -0.2) is 0 Å². The van der Waals surface area contributed by atoms with Gasteiger partial charge < -0.3 is 5.32 Å². The molecule has 1 rings (SSSR count). The fourth-order valence-corrected chi connectivity index (χ4v) is 1.87. The van der Waals surface area contributed by atoms with Crippen LogP contribution in [0.5, 0.6) is 0 Å². The van der Waals surface area contributed by atoms with Crippen molar-refractivity contribution in [3.63, 3.8) is 0 Å². The molecule has 1 unspecified atom stereocenters. The molecule has 0 aliphatic rings. The lowest BCUT2D eigenvalue weighted by atomic mass is 10.2. The molecular weight excluding hydrogens is 198 g/mol. The van der Waals surface area contributed by atoms with E-state index in [0.29, 0.717) is 5.75 Å². The van der Waals surface area contributed by atoms with Gasteiger partial charge >= 0.3 is 0 Å². The van der Waals surface area contributed by atoms with E-state index in [-0.39, 0.29) is 5.91 Å². The van der Waals surface area contributed by atoms with Crippen molar-refractivity contribution < 1.29 is 9.00 Å².